The Balaban J connectivity index is 0.00000144. The Kier molecular flexibility index (Phi) is 7.33. The van der Waals surface area contributed by atoms with Crippen molar-refractivity contribution in [3.63, 3.8) is 0 Å². The molecule has 2 N–H and O–H groups in total. The van der Waals surface area contributed by atoms with Crippen molar-refractivity contribution in [2.75, 3.05) is 0 Å². The average Bonchev–Trinajstić information content (AvgIpc) is 2.56. The van der Waals surface area contributed by atoms with Crippen LogP contribution < -0.4 is 5.73 Å². The summed E-state index contributed by atoms with van der Waals surface area (Å²) in [5.41, 5.74) is 5.99. The van der Waals surface area contributed by atoms with Crippen LogP contribution in [-0.4, -0.2) is 0 Å². The van der Waals surface area contributed by atoms with Crippen LogP contribution in [0.3, 0.4) is 0 Å². The molecule has 3 heteroatoms. The molecule has 76 valence electrons. The molecular weight excluding hydrogens is 202 g/mol. The second-order valence-electron chi connectivity index (χ2n) is 3.12. The molecule has 0 unspecified atom stereocenters. The lowest BCUT2D eigenvalue weighted by Gasteiger charge is -2.07. The predicted molar refractivity (Wildman–Crippen MR) is 62.6 cm³/mol. The second-order valence-corrected chi connectivity index (χ2v) is 4.10. The first-order valence-corrected chi connectivity index (χ1v) is 5.51. The molecule has 0 spiro atoms. The van der Waals surface area contributed by atoms with Gasteiger partial charge < -0.3 is 5.73 Å². The minimum absolute atomic E-state index is 0. The van der Waals surface area contributed by atoms with Crippen molar-refractivity contribution < 1.29 is 0 Å². The van der Waals surface area contributed by atoms with Crippen LogP contribution in [0.2, 0.25) is 0 Å². The summed E-state index contributed by atoms with van der Waals surface area (Å²) in [6.45, 7) is 2.22. The molecular formula is C10H18ClNS. The summed E-state index contributed by atoms with van der Waals surface area (Å²) in [4.78, 5) is 1.33. The van der Waals surface area contributed by atoms with Gasteiger partial charge in [0.25, 0.3) is 0 Å². The lowest BCUT2D eigenvalue weighted by atomic mass is 10.1. The van der Waals surface area contributed by atoms with E-state index in [-0.39, 0.29) is 18.4 Å². The number of unbranched alkanes of at least 4 members (excludes halogenated alkanes) is 2. The standard InChI is InChI=1S/C10H17NS.ClH/c1-2-3-4-6-9(11)10-7-5-8-12-10;/h5,7-9H,2-4,6,11H2,1H3;1H/t9-;/m0./s1. The maximum absolute atomic E-state index is 5.99. The minimum Gasteiger partial charge on any atom is -0.323 e. The van der Waals surface area contributed by atoms with Gasteiger partial charge in [0.05, 0.1) is 0 Å². The van der Waals surface area contributed by atoms with E-state index in [1.165, 1.54) is 24.1 Å². The lowest BCUT2D eigenvalue weighted by molar-refractivity contribution is 0.587. The maximum Gasteiger partial charge on any atom is 0.0389 e. The summed E-state index contributed by atoms with van der Waals surface area (Å²) in [7, 11) is 0. The highest BCUT2D eigenvalue weighted by molar-refractivity contribution is 7.10. The molecule has 0 aliphatic carbocycles. The number of nitrogens with two attached hydrogens (primary N) is 1. The van der Waals surface area contributed by atoms with Gasteiger partial charge in [-0.15, -0.1) is 23.7 Å². The average molecular weight is 220 g/mol. The first kappa shape index (κ1) is 12.9. The van der Waals surface area contributed by atoms with Gasteiger partial charge in [-0.2, -0.15) is 0 Å². The van der Waals surface area contributed by atoms with Crippen LogP contribution in [0, 0.1) is 0 Å². The Bertz CT molecular complexity index is 199. The van der Waals surface area contributed by atoms with Gasteiger partial charge in [-0.1, -0.05) is 32.3 Å². The summed E-state index contributed by atoms with van der Waals surface area (Å²) in [6, 6.07) is 4.47. The number of halogens is 1. The third-order valence-electron chi connectivity index (χ3n) is 2.03. The summed E-state index contributed by atoms with van der Waals surface area (Å²) >= 11 is 1.76. The zero-order valence-electron chi connectivity index (χ0n) is 8.03. The number of hydrogen-bond acceptors (Lipinski definition) is 2. The van der Waals surface area contributed by atoms with Crippen LogP contribution in [0.15, 0.2) is 17.5 Å². The van der Waals surface area contributed by atoms with E-state index in [2.05, 4.69) is 24.4 Å². The Morgan fingerprint density at radius 1 is 1.46 bits per heavy atom. The lowest BCUT2D eigenvalue weighted by Crippen LogP contribution is -2.07. The van der Waals surface area contributed by atoms with Gasteiger partial charge in [0.1, 0.15) is 0 Å². The van der Waals surface area contributed by atoms with E-state index in [1.807, 2.05) is 0 Å². The van der Waals surface area contributed by atoms with Gasteiger partial charge in [-0.05, 0) is 17.9 Å². The molecule has 1 atom stereocenters. The summed E-state index contributed by atoms with van der Waals surface area (Å²) < 4.78 is 0. The van der Waals surface area contributed by atoms with Gasteiger partial charge in [-0.3, -0.25) is 0 Å². The molecule has 1 aromatic rings. The zero-order chi connectivity index (χ0) is 8.81. The molecule has 0 aliphatic rings. The zero-order valence-corrected chi connectivity index (χ0v) is 9.66. The highest BCUT2D eigenvalue weighted by atomic mass is 35.5. The monoisotopic (exact) mass is 219 g/mol. The maximum atomic E-state index is 5.99. The molecule has 0 aliphatic heterocycles. The van der Waals surface area contributed by atoms with Crippen LogP contribution in [0.4, 0.5) is 0 Å². The van der Waals surface area contributed by atoms with Crippen molar-refractivity contribution in [3.8, 4) is 0 Å². The topological polar surface area (TPSA) is 26.0 Å². The van der Waals surface area contributed by atoms with E-state index in [9.17, 15) is 0 Å². The van der Waals surface area contributed by atoms with Crippen molar-refractivity contribution in [1.29, 1.82) is 0 Å². The SMILES string of the molecule is CCCCC[C@H](N)c1cccs1.Cl. The van der Waals surface area contributed by atoms with E-state index in [1.54, 1.807) is 11.3 Å². The minimum atomic E-state index is 0. The Morgan fingerprint density at radius 3 is 2.77 bits per heavy atom. The van der Waals surface area contributed by atoms with Crippen LogP contribution in [0.25, 0.3) is 0 Å². The first-order chi connectivity index (χ1) is 5.84. The van der Waals surface area contributed by atoms with Crippen LogP contribution in [0.1, 0.15) is 43.5 Å². The Hall–Kier alpha value is -0.0500. The third kappa shape index (κ3) is 4.65. The van der Waals surface area contributed by atoms with Crippen molar-refractivity contribution in [1.82, 2.24) is 0 Å². The second kappa shape index (κ2) is 7.36. The normalized spacial score (nSPS) is 12.2. The molecule has 1 nitrogen and oxygen atoms in total. The van der Waals surface area contributed by atoms with Gasteiger partial charge in [0, 0.05) is 10.9 Å². The fourth-order valence-corrected chi connectivity index (χ4v) is 2.02. The largest absolute Gasteiger partial charge is 0.323 e. The fourth-order valence-electron chi connectivity index (χ4n) is 1.26. The number of hydrogen-bond donors (Lipinski definition) is 1. The van der Waals surface area contributed by atoms with Crippen LogP contribution in [0.5, 0.6) is 0 Å². The van der Waals surface area contributed by atoms with E-state index in [0.29, 0.717) is 0 Å². The Morgan fingerprint density at radius 2 is 2.23 bits per heavy atom. The molecule has 1 rings (SSSR count). The molecule has 1 aromatic heterocycles. The molecule has 0 saturated carbocycles. The molecule has 13 heavy (non-hydrogen) atoms. The highest BCUT2D eigenvalue weighted by Crippen LogP contribution is 2.21. The van der Waals surface area contributed by atoms with E-state index in [4.69, 9.17) is 5.73 Å². The summed E-state index contributed by atoms with van der Waals surface area (Å²) in [5, 5.41) is 2.09. The van der Waals surface area contributed by atoms with Crippen molar-refractivity contribution in [2.45, 2.75) is 38.6 Å². The highest BCUT2D eigenvalue weighted by Gasteiger charge is 2.05. The van der Waals surface area contributed by atoms with Crippen molar-refractivity contribution >= 4 is 23.7 Å². The fraction of sp³-hybridized carbons (Fsp3) is 0.600. The van der Waals surface area contributed by atoms with Crippen LogP contribution >= 0.6 is 23.7 Å². The quantitative estimate of drug-likeness (QED) is 0.751. The number of rotatable bonds is 5. The van der Waals surface area contributed by atoms with Gasteiger partial charge in [-0.25, -0.2) is 0 Å². The first-order valence-electron chi connectivity index (χ1n) is 4.63. The third-order valence-corrected chi connectivity index (χ3v) is 3.03. The molecule has 0 aromatic carbocycles. The summed E-state index contributed by atoms with van der Waals surface area (Å²) in [5.74, 6) is 0. The van der Waals surface area contributed by atoms with Crippen molar-refractivity contribution in [2.24, 2.45) is 5.73 Å². The molecule has 0 amide bonds. The molecule has 0 fully saturated rings. The molecule has 0 saturated heterocycles. The van der Waals surface area contributed by atoms with Gasteiger partial charge in [0.15, 0.2) is 0 Å². The summed E-state index contributed by atoms with van der Waals surface area (Å²) in [6.07, 6.45) is 4.97. The van der Waals surface area contributed by atoms with Crippen molar-refractivity contribution in [3.05, 3.63) is 22.4 Å². The van der Waals surface area contributed by atoms with E-state index < -0.39 is 0 Å². The number of thiophene rings is 1. The van der Waals surface area contributed by atoms with Gasteiger partial charge in [0.2, 0.25) is 0 Å². The van der Waals surface area contributed by atoms with Gasteiger partial charge >= 0.3 is 0 Å². The van der Waals surface area contributed by atoms with Crippen LogP contribution in [-0.2, 0) is 0 Å². The molecule has 0 radical (unpaired) electrons. The van der Waals surface area contributed by atoms with E-state index >= 15 is 0 Å². The molecule has 1 heterocycles. The van der Waals surface area contributed by atoms with E-state index in [0.717, 1.165) is 6.42 Å². The predicted octanol–water partition coefficient (Wildman–Crippen LogP) is 3.75. The molecule has 0 bridgehead atoms. The smallest absolute Gasteiger partial charge is 0.0389 e. The Labute approximate surface area is 90.8 Å².